The van der Waals surface area contributed by atoms with E-state index < -0.39 is 6.10 Å². The molecule has 4 heteroatoms. The minimum atomic E-state index is -0.526. The Kier molecular flexibility index (Phi) is 4.33. The van der Waals surface area contributed by atoms with Crippen LogP contribution >= 0.6 is 0 Å². The number of ether oxygens (including phenoxy) is 1. The SMILES string of the molecule is Cc1ccc(OC(C)C(=O)NC(C)(CN)C2CC2)cc1. The normalized spacial score (nSPS) is 19.0. The van der Waals surface area contributed by atoms with Crippen molar-refractivity contribution in [2.75, 3.05) is 6.54 Å². The van der Waals surface area contributed by atoms with E-state index in [9.17, 15) is 4.79 Å². The van der Waals surface area contributed by atoms with Crippen LogP contribution in [0.2, 0.25) is 0 Å². The van der Waals surface area contributed by atoms with E-state index in [4.69, 9.17) is 10.5 Å². The summed E-state index contributed by atoms with van der Waals surface area (Å²) in [6, 6.07) is 7.69. The van der Waals surface area contributed by atoms with Crippen molar-refractivity contribution >= 4 is 5.91 Å². The Balaban J connectivity index is 1.93. The monoisotopic (exact) mass is 276 g/mol. The predicted octanol–water partition coefficient (Wildman–Crippen LogP) is 2.01. The van der Waals surface area contributed by atoms with Gasteiger partial charge < -0.3 is 15.8 Å². The number of hydrogen-bond donors (Lipinski definition) is 2. The van der Waals surface area contributed by atoms with Crippen molar-refractivity contribution in [2.24, 2.45) is 11.7 Å². The molecule has 1 fully saturated rings. The Morgan fingerprint density at radius 1 is 1.45 bits per heavy atom. The summed E-state index contributed by atoms with van der Waals surface area (Å²) < 4.78 is 5.67. The molecule has 1 aromatic rings. The highest BCUT2D eigenvalue weighted by Gasteiger charge is 2.42. The van der Waals surface area contributed by atoms with Crippen molar-refractivity contribution in [2.45, 2.75) is 45.3 Å². The fourth-order valence-electron chi connectivity index (χ4n) is 2.30. The van der Waals surface area contributed by atoms with Gasteiger partial charge >= 0.3 is 0 Å². The van der Waals surface area contributed by atoms with E-state index >= 15 is 0 Å². The maximum absolute atomic E-state index is 12.2. The highest BCUT2D eigenvalue weighted by Crippen LogP contribution is 2.39. The van der Waals surface area contributed by atoms with E-state index in [1.165, 1.54) is 5.56 Å². The molecule has 4 nitrogen and oxygen atoms in total. The topological polar surface area (TPSA) is 64.3 Å². The van der Waals surface area contributed by atoms with Crippen molar-refractivity contribution in [3.63, 3.8) is 0 Å². The van der Waals surface area contributed by atoms with Crippen molar-refractivity contribution in [1.82, 2.24) is 5.32 Å². The molecular formula is C16H24N2O2. The van der Waals surface area contributed by atoms with Crippen molar-refractivity contribution < 1.29 is 9.53 Å². The molecule has 2 unspecified atom stereocenters. The zero-order valence-electron chi connectivity index (χ0n) is 12.5. The predicted molar refractivity (Wildman–Crippen MR) is 79.6 cm³/mol. The average molecular weight is 276 g/mol. The lowest BCUT2D eigenvalue weighted by molar-refractivity contribution is -0.129. The van der Waals surface area contributed by atoms with Gasteiger partial charge in [0, 0.05) is 6.54 Å². The molecule has 2 atom stereocenters. The fraction of sp³-hybridized carbons (Fsp3) is 0.562. The van der Waals surface area contributed by atoms with Gasteiger partial charge in [-0.1, -0.05) is 17.7 Å². The molecule has 1 amide bonds. The summed E-state index contributed by atoms with van der Waals surface area (Å²) in [6.07, 6.45) is 1.75. The number of aryl methyl sites for hydroxylation is 1. The first-order valence-corrected chi connectivity index (χ1v) is 7.20. The molecule has 1 aliphatic carbocycles. The first-order chi connectivity index (χ1) is 9.44. The number of nitrogens with one attached hydrogen (secondary N) is 1. The quantitative estimate of drug-likeness (QED) is 0.835. The lowest BCUT2D eigenvalue weighted by Gasteiger charge is -2.30. The second-order valence-corrected chi connectivity index (χ2v) is 5.96. The largest absolute Gasteiger partial charge is 0.481 e. The smallest absolute Gasteiger partial charge is 0.261 e. The molecule has 0 bridgehead atoms. The zero-order chi connectivity index (χ0) is 14.8. The maximum Gasteiger partial charge on any atom is 0.261 e. The molecule has 0 aliphatic heterocycles. The maximum atomic E-state index is 12.2. The number of benzene rings is 1. The third-order valence-corrected chi connectivity index (χ3v) is 4.01. The summed E-state index contributed by atoms with van der Waals surface area (Å²) in [6.45, 7) is 6.25. The van der Waals surface area contributed by atoms with Gasteiger partial charge in [0.2, 0.25) is 0 Å². The van der Waals surface area contributed by atoms with Crippen LogP contribution < -0.4 is 15.8 Å². The molecule has 20 heavy (non-hydrogen) atoms. The Labute approximate surface area is 120 Å². The molecule has 110 valence electrons. The number of nitrogens with two attached hydrogens (primary N) is 1. The Morgan fingerprint density at radius 2 is 2.05 bits per heavy atom. The molecule has 2 rings (SSSR count). The summed E-state index contributed by atoms with van der Waals surface area (Å²) in [5.74, 6) is 1.10. The third-order valence-electron chi connectivity index (χ3n) is 4.01. The van der Waals surface area contributed by atoms with E-state index in [1.807, 2.05) is 38.1 Å². The minimum absolute atomic E-state index is 0.106. The highest BCUT2D eigenvalue weighted by atomic mass is 16.5. The van der Waals surface area contributed by atoms with Gasteiger partial charge in [-0.15, -0.1) is 0 Å². The molecule has 3 N–H and O–H groups in total. The van der Waals surface area contributed by atoms with Crippen LogP contribution in [0.1, 0.15) is 32.3 Å². The van der Waals surface area contributed by atoms with Gasteiger partial charge in [-0.25, -0.2) is 0 Å². The lowest BCUT2D eigenvalue weighted by atomic mass is 9.95. The van der Waals surface area contributed by atoms with Crippen molar-refractivity contribution in [1.29, 1.82) is 0 Å². The van der Waals surface area contributed by atoms with Gasteiger partial charge in [-0.05, 0) is 51.7 Å². The molecular weight excluding hydrogens is 252 g/mol. The van der Waals surface area contributed by atoms with E-state index in [2.05, 4.69) is 5.32 Å². The molecule has 1 aliphatic rings. The fourth-order valence-corrected chi connectivity index (χ4v) is 2.30. The lowest BCUT2D eigenvalue weighted by Crippen LogP contribution is -2.56. The molecule has 0 saturated heterocycles. The van der Waals surface area contributed by atoms with Crippen LogP contribution in [0.15, 0.2) is 24.3 Å². The van der Waals surface area contributed by atoms with Crippen LogP contribution in [0.4, 0.5) is 0 Å². The van der Waals surface area contributed by atoms with Crippen LogP contribution in [0.5, 0.6) is 5.75 Å². The summed E-state index contributed by atoms with van der Waals surface area (Å²) in [7, 11) is 0. The van der Waals surface area contributed by atoms with Gasteiger partial charge in [0.05, 0.1) is 5.54 Å². The minimum Gasteiger partial charge on any atom is -0.481 e. The molecule has 0 heterocycles. The van der Waals surface area contributed by atoms with Gasteiger partial charge in [-0.3, -0.25) is 4.79 Å². The van der Waals surface area contributed by atoms with Gasteiger partial charge in [0.15, 0.2) is 6.10 Å². The molecule has 0 radical (unpaired) electrons. The van der Waals surface area contributed by atoms with Crippen molar-refractivity contribution in [3.8, 4) is 5.75 Å². The Bertz CT molecular complexity index is 468. The Morgan fingerprint density at radius 3 is 2.55 bits per heavy atom. The number of hydrogen-bond acceptors (Lipinski definition) is 3. The van der Waals surface area contributed by atoms with E-state index in [0.29, 0.717) is 18.2 Å². The van der Waals surface area contributed by atoms with Crippen molar-refractivity contribution in [3.05, 3.63) is 29.8 Å². The van der Waals surface area contributed by atoms with Crippen LogP contribution in [-0.4, -0.2) is 24.1 Å². The first-order valence-electron chi connectivity index (χ1n) is 7.20. The number of amides is 1. The van der Waals surface area contributed by atoms with Crippen LogP contribution in [-0.2, 0) is 4.79 Å². The van der Waals surface area contributed by atoms with Crippen LogP contribution in [0.3, 0.4) is 0 Å². The van der Waals surface area contributed by atoms with E-state index in [1.54, 1.807) is 6.92 Å². The average Bonchev–Trinajstić information content (AvgIpc) is 3.26. The highest BCUT2D eigenvalue weighted by molar-refractivity contribution is 5.81. The molecule has 0 aromatic heterocycles. The second kappa shape index (κ2) is 5.83. The second-order valence-electron chi connectivity index (χ2n) is 5.96. The van der Waals surface area contributed by atoms with Crippen LogP contribution in [0.25, 0.3) is 0 Å². The third kappa shape index (κ3) is 3.51. The number of carbonyl (C=O) groups is 1. The number of rotatable bonds is 6. The van der Waals surface area contributed by atoms with Crippen LogP contribution in [0, 0.1) is 12.8 Å². The summed E-state index contributed by atoms with van der Waals surface area (Å²) in [4.78, 5) is 12.2. The van der Waals surface area contributed by atoms with Gasteiger partial charge in [0.25, 0.3) is 5.91 Å². The van der Waals surface area contributed by atoms with E-state index in [0.717, 1.165) is 12.8 Å². The standard InChI is InChI=1S/C16H24N2O2/c1-11-4-8-14(9-5-11)20-12(2)15(19)18-16(3,10-17)13-6-7-13/h4-5,8-9,12-13H,6-7,10,17H2,1-3H3,(H,18,19). The first kappa shape index (κ1) is 14.9. The Hall–Kier alpha value is -1.55. The molecule has 1 saturated carbocycles. The zero-order valence-corrected chi connectivity index (χ0v) is 12.5. The molecule has 1 aromatic carbocycles. The molecule has 0 spiro atoms. The summed E-state index contributed by atoms with van der Waals surface area (Å²) in [5.41, 5.74) is 6.67. The summed E-state index contributed by atoms with van der Waals surface area (Å²) >= 11 is 0. The van der Waals surface area contributed by atoms with Gasteiger partial charge in [-0.2, -0.15) is 0 Å². The van der Waals surface area contributed by atoms with Gasteiger partial charge in [0.1, 0.15) is 5.75 Å². The number of carbonyl (C=O) groups excluding carboxylic acids is 1. The van der Waals surface area contributed by atoms with E-state index in [-0.39, 0.29) is 11.4 Å². The summed E-state index contributed by atoms with van der Waals surface area (Å²) in [5, 5.41) is 3.05.